The Kier molecular flexibility index (Phi) is 11.3. The van der Waals surface area contributed by atoms with E-state index in [1.54, 1.807) is 0 Å². The number of hydrogen-bond acceptors (Lipinski definition) is 4. The van der Waals surface area contributed by atoms with Crippen LogP contribution in [-0.4, -0.2) is 22.0 Å². The molecule has 0 radical (unpaired) electrons. The Morgan fingerprint density at radius 2 is 1.56 bits per heavy atom. The lowest BCUT2D eigenvalue weighted by Gasteiger charge is -2.23. The van der Waals surface area contributed by atoms with Crippen molar-refractivity contribution in [2.24, 2.45) is 22.4 Å². The average molecular weight is 673 g/mol. The van der Waals surface area contributed by atoms with Crippen molar-refractivity contribution < 1.29 is 14.4 Å². The number of carbonyl (C=O) groups is 2. The van der Waals surface area contributed by atoms with Crippen LogP contribution in [0.5, 0.6) is 0 Å². The fraction of sp³-hybridized carbons (Fsp3) is 0.444. The van der Waals surface area contributed by atoms with Gasteiger partial charge in [-0.05, 0) is 92.0 Å². The lowest BCUT2D eigenvalue weighted by Crippen LogP contribution is -2.15. The molecule has 50 heavy (non-hydrogen) atoms. The van der Waals surface area contributed by atoms with E-state index in [2.05, 4.69) is 113 Å². The molecule has 0 bridgehead atoms. The third-order valence-corrected chi connectivity index (χ3v) is 10.1. The molecular formula is C45H56N2O3. The van der Waals surface area contributed by atoms with E-state index in [-0.39, 0.29) is 11.2 Å². The van der Waals surface area contributed by atoms with E-state index in [4.69, 9.17) is 4.84 Å². The molecule has 0 saturated carbocycles. The number of aryl methyl sites for hydroxylation is 3. The van der Waals surface area contributed by atoms with Crippen LogP contribution in [0.2, 0.25) is 0 Å². The van der Waals surface area contributed by atoms with Crippen molar-refractivity contribution in [2.75, 3.05) is 0 Å². The third-order valence-electron chi connectivity index (χ3n) is 10.1. The predicted octanol–water partition coefficient (Wildman–Crippen LogP) is 12.0. The van der Waals surface area contributed by atoms with Gasteiger partial charge in [0.1, 0.15) is 0 Å². The van der Waals surface area contributed by atoms with Crippen molar-refractivity contribution in [1.82, 2.24) is 4.57 Å². The van der Waals surface area contributed by atoms with Gasteiger partial charge in [0.05, 0.1) is 11.2 Å². The fourth-order valence-corrected chi connectivity index (χ4v) is 8.14. The van der Waals surface area contributed by atoms with Crippen molar-refractivity contribution in [3.8, 4) is 0 Å². The SMILES string of the molecule is CCCCC(CC)Cn1c2ccc(C(CC(C)CC(C)(C)C)=NOC(C)=O)cc2c2cc(C(=O)c3c(C)cc(C)cc3C)c3ccccc3c21. The molecule has 2 atom stereocenters. The Morgan fingerprint density at radius 1 is 0.880 bits per heavy atom. The molecule has 5 aromatic rings. The van der Waals surface area contributed by atoms with Gasteiger partial charge in [0, 0.05) is 51.8 Å². The molecule has 0 amide bonds. The van der Waals surface area contributed by atoms with Gasteiger partial charge in [-0.3, -0.25) is 4.79 Å². The minimum atomic E-state index is -0.433. The fourth-order valence-electron chi connectivity index (χ4n) is 8.14. The predicted molar refractivity (Wildman–Crippen MR) is 210 cm³/mol. The number of hydrogen-bond donors (Lipinski definition) is 0. The van der Waals surface area contributed by atoms with Crippen LogP contribution >= 0.6 is 0 Å². The largest absolute Gasteiger partial charge is 0.340 e. The Bertz CT molecular complexity index is 2050. The first-order valence-electron chi connectivity index (χ1n) is 18.6. The highest BCUT2D eigenvalue weighted by Gasteiger charge is 2.24. The summed E-state index contributed by atoms with van der Waals surface area (Å²) >= 11 is 0. The highest BCUT2D eigenvalue weighted by molar-refractivity contribution is 6.26. The maximum absolute atomic E-state index is 14.6. The van der Waals surface area contributed by atoms with Crippen molar-refractivity contribution >= 4 is 50.0 Å². The molecule has 5 rings (SSSR count). The number of rotatable bonds is 13. The standard InChI is InChI=1S/C45H56N2O3/c1-11-13-16-33(12-2)27-47-41-20-19-34(40(46-50-32(7)48)23-29(4)26-45(8,9)10)24-37(41)38-25-39(35-17-14-15-18-36(35)43(38)47)44(49)42-30(5)21-28(3)22-31(42)6/h14-15,17-22,24-25,29,33H,11-13,16,23,26-27H2,1-10H3. The van der Waals surface area contributed by atoms with Crippen LogP contribution in [0.15, 0.2) is 65.8 Å². The molecule has 4 aromatic carbocycles. The summed E-state index contributed by atoms with van der Waals surface area (Å²) in [7, 11) is 0. The molecule has 1 heterocycles. The van der Waals surface area contributed by atoms with Crippen molar-refractivity contribution in [3.05, 3.63) is 94.0 Å². The van der Waals surface area contributed by atoms with Crippen molar-refractivity contribution in [1.29, 1.82) is 0 Å². The van der Waals surface area contributed by atoms with Gasteiger partial charge in [0.2, 0.25) is 0 Å². The maximum Gasteiger partial charge on any atom is 0.331 e. The zero-order valence-electron chi connectivity index (χ0n) is 32.0. The summed E-state index contributed by atoms with van der Waals surface area (Å²) in [6.07, 6.45) is 6.36. The average Bonchev–Trinajstić information content (AvgIpc) is 3.35. The van der Waals surface area contributed by atoms with Crippen LogP contribution in [0, 0.1) is 38.0 Å². The van der Waals surface area contributed by atoms with E-state index >= 15 is 0 Å². The minimum absolute atomic E-state index is 0.0534. The van der Waals surface area contributed by atoms with Gasteiger partial charge >= 0.3 is 5.97 Å². The molecule has 264 valence electrons. The van der Waals surface area contributed by atoms with Crippen molar-refractivity contribution in [2.45, 2.75) is 114 Å². The summed E-state index contributed by atoms with van der Waals surface area (Å²) < 4.78 is 2.50. The normalized spacial score (nSPS) is 13.7. The molecule has 0 N–H and O–H groups in total. The number of nitrogens with zero attached hydrogens (tertiary/aromatic N) is 2. The lowest BCUT2D eigenvalue weighted by atomic mass is 9.82. The molecular weight excluding hydrogens is 617 g/mol. The second-order valence-corrected chi connectivity index (χ2v) is 15.9. The Morgan fingerprint density at radius 3 is 2.18 bits per heavy atom. The van der Waals surface area contributed by atoms with Crippen LogP contribution in [0.4, 0.5) is 0 Å². The summed E-state index contributed by atoms with van der Waals surface area (Å²) in [5, 5.41) is 8.63. The number of fused-ring (bicyclic) bond motifs is 5. The first kappa shape index (κ1) is 37.0. The van der Waals surface area contributed by atoms with Gasteiger partial charge in [-0.1, -0.05) is 114 Å². The zero-order valence-corrected chi connectivity index (χ0v) is 32.0. The summed E-state index contributed by atoms with van der Waals surface area (Å²) in [6, 6.07) is 21.3. The summed E-state index contributed by atoms with van der Waals surface area (Å²) in [6.45, 7) is 22.0. The topological polar surface area (TPSA) is 60.7 Å². The first-order valence-corrected chi connectivity index (χ1v) is 18.6. The molecule has 0 aliphatic heterocycles. The van der Waals surface area contributed by atoms with Crippen LogP contribution in [-0.2, 0) is 16.2 Å². The van der Waals surface area contributed by atoms with Gasteiger partial charge in [-0.15, -0.1) is 0 Å². The molecule has 2 unspecified atom stereocenters. The van der Waals surface area contributed by atoms with E-state index in [1.807, 2.05) is 19.9 Å². The van der Waals surface area contributed by atoms with Gasteiger partial charge in [0.15, 0.2) is 5.78 Å². The smallest absolute Gasteiger partial charge is 0.331 e. The monoisotopic (exact) mass is 672 g/mol. The maximum atomic E-state index is 14.6. The molecule has 0 fully saturated rings. The molecule has 0 saturated heterocycles. The summed E-state index contributed by atoms with van der Waals surface area (Å²) in [5.74, 6) is 0.486. The van der Waals surface area contributed by atoms with Crippen molar-refractivity contribution in [3.63, 3.8) is 0 Å². The minimum Gasteiger partial charge on any atom is -0.340 e. The summed E-state index contributed by atoms with van der Waals surface area (Å²) in [4.78, 5) is 31.8. The van der Waals surface area contributed by atoms with E-state index < -0.39 is 5.97 Å². The van der Waals surface area contributed by atoms with Gasteiger partial charge < -0.3 is 9.40 Å². The Balaban J connectivity index is 1.80. The highest BCUT2D eigenvalue weighted by atomic mass is 16.7. The quantitative estimate of drug-likeness (QED) is 0.0541. The number of benzene rings is 4. The zero-order chi connectivity index (χ0) is 36.3. The van der Waals surface area contributed by atoms with Crippen LogP contribution in [0.25, 0.3) is 32.6 Å². The lowest BCUT2D eigenvalue weighted by molar-refractivity contribution is -0.140. The van der Waals surface area contributed by atoms with Crippen LogP contribution in [0.3, 0.4) is 0 Å². The number of aromatic nitrogens is 1. The molecule has 5 nitrogen and oxygen atoms in total. The number of carbonyl (C=O) groups excluding carboxylic acids is 2. The van der Waals surface area contributed by atoms with Crippen LogP contribution in [0.1, 0.15) is 125 Å². The number of oxime groups is 1. The molecule has 5 heteroatoms. The third kappa shape index (κ3) is 8.04. The number of ketones is 1. The van der Waals surface area contributed by atoms with Gasteiger partial charge in [-0.25, -0.2) is 4.79 Å². The molecule has 0 aliphatic rings. The van der Waals surface area contributed by atoms with Crippen LogP contribution < -0.4 is 0 Å². The van der Waals surface area contributed by atoms with E-state index in [1.165, 1.54) is 26.2 Å². The highest BCUT2D eigenvalue weighted by Crippen LogP contribution is 2.39. The Labute approximate surface area is 299 Å². The van der Waals surface area contributed by atoms with E-state index in [9.17, 15) is 9.59 Å². The van der Waals surface area contributed by atoms with E-state index in [0.717, 1.165) is 91.1 Å². The van der Waals surface area contributed by atoms with Gasteiger partial charge in [-0.2, -0.15) is 0 Å². The second kappa shape index (κ2) is 15.3. The summed E-state index contributed by atoms with van der Waals surface area (Å²) in [5.41, 5.74) is 8.82. The second-order valence-electron chi connectivity index (χ2n) is 15.9. The first-order chi connectivity index (χ1) is 23.7. The molecule has 0 spiro atoms. The van der Waals surface area contributed by atoms with E-state index in [0.29, 0.717) is 18.3 Å². The molecule has 1 aromatic heterocycles. The number of unbranched alkanes of at least 4 members (excludes halogenated alkanes) is 1. The molecule has 0 aliphatic carbocycles. The Hall–Kier alpha value is -4.25. The van der Waals surface area contributed by atoms with Gasteiger partial charge in [0.25, 0.3) is 0 Å².